The van der Waals surface area contributed by atoms with Crippen molar-refractivity contribution in [1.29, 1.82) is 0 Å². The smallest absolute Gasteiger partial charge is 0.0589 e. The molecular formula is C17H30N2O. The minimum absolute atomic E-state index is 0.350. The van der Waals surface area contributed by atoms with E-state index in [0.717, 1.165) is 19.6 Å². The van der Waals surface area contributed by atoms with Gasteiger partial charge in [-0.3, -0.25) is 4.90 Å². The van der Waals surface area contributed by atoms with Crippen LogP contribution in [0.4, 0.5) is 0 Å². The Labute approximate surface area is 124 Å². The first kappa shape index (κ1) is 17.2. The van der Waals surface area contributed by atoms with Gasteiger partial charge in [-0.25, -0.2) is 0 Å². The third kappa shape index (κ3) is 4.58. The van der Waals surface area contributed by atoms with Crippen molar-refractivity contribution in [3.63, 3.8) is 0 Å². The van der Waals surface area contributed by atoms with E-state index in [1.165, 1.54) is 5.56 Å². The van der Waals surface area contributed by atoms with Crippen LogP contribution in [0, 0.1) is 0 Å². The van der Waals surface area contributed by atoms with Gasteiger partial charge in [0, 0.05) is 32.3 Å². The van der Waals surface area contributed by atoms with Crippen molar-refractivity contribution < 1.29 is 4.74 Å². The molecule has 114 valence electrons. The van der Waals surface area contributed by atoms with Gasteiger partial charge in [0.25, 0.3) is 0 Å². The lowest BCUT2D eigenvalue weighted by atomic mass is 9.91. The molecule has 0 saturated carbocycles. The van der Waals surface area contributed by atoms with Crippen molar-refractivity contribution in [3.05, 3.63) is 35.9 Å². The molecule has 1 aromatic rings. The second-order valence-electron chi connectivity index (χ2n) is 5.49. The Bertz CT molecular complexity index is 355. The second-order valence-corrected chi connectivity index (χ2v) is 5.49. The molecule has 20 heavy (non-hydrogen) atoms. The van der Waals surface area contributed by atoms with Crippen molar-refractivity contribution >= 4 is 0 Å². The van der Waals surface area contributed by atoms with Crippen molar-refractivity contribution in [2.75, 3.05) is 26.8 Å². The summed E-state index contributed by atoms with van der Waals surface area (Å²) in [6.07, 6.45) is 1.13. The van der Waals surface area contributed by atoms with Crippen LogP contribution in [-0.4, -0.2) is 43.8 Å². The summed E-state index contributed by atoms with van der Waals surface area (Å²) < 4.78 is 5.26. The second kappa shape index (κ2) is 9.11. The zero-order valence-corrected chi connectivity index (χ0v) is 13.4. The van der Waals surface area contributed by atoms with E-state index in [0.29, 0.717) is 24.5 Å². The molecule has 0 bridgehead atoms. The summed E-state index contributed by atoms with van der Waals surface area (Å²) in [6.45, 7) is 9.13. The molecule has 3 unspecified atom stereocenters. The molecule has 0 spiro atoms. The molecule has 0 saturated heterocycles. The predicted molar refractivity (Wildman–Crippen MR) is 86.0 cm³/mol. The van der Waals surface area contributed by atoms with Gasteiger partial charge in [-0.05, 0) is 24.8 Å². The maximum absolute atomic E-state index is 6.09. The summed E-state index contributed by atoms with van der Waals surface area (Å²) in [5, 5.41) is 0. The molecule has 1 rings (SSSR count). The fourth-order valence-electron chi connectivity index (χ4n) is 2.75. The van der Waals surface area contributed by atoms with Crippen molar-refractivity contribution in [1.82, 2.24) is 4.90 Å². The highest BCUT2D eigenvalue weighted by molar-refractivity contribution is 5.20. The molecule has 1 aromatic carbocycles. The zero-order chi connectivity index (χ0) is 15.0. The molecule has 0 radical (unpaired) electrons. The highest BCUT2D eigenvalue weighted by Gasteiger charge is 2.27. The minimum Gasteiger partial charge on any atom is -0.383 e. The van der Waals surface area contributed by atoms with E-state index in [-0.39, 0.29) is 0 Å². The number of nitrogens with two attached hydrogens (primary N) is 1. The van der Waals surface area contributed by atoms with Crippen LogP contribution in [0.25, 0.3) is 0 Å². The molecule has 3 heteroatoms. The standard InChI is InChI=1S/C17H30N2O/c1-5-14(2)19(11-12-20-4)17(13-18)15(3)16-9-7-6-8-10-16/h6-10,14-15,17H,5,11-13,18H2,1-4H3. The number of methoxy groups -OCH3 is 1. The molecular weight excluding hydrogens is 248 g/mol. The largest absolute Gasteiger partial charge is 0.383 e. The fourth-order valence-corrected chi connectivity index (χ4v) is 2.75. The lowest BCUT2D eigenvalue weighted by Crippen LogP contribution is -2.49. The molecule has 0 aliphatic heterocycles. The van der Waals surface area contributed by atoms with Crippen molar-refractivity contribution in [2.24, 2.45) is 5.73 Å². The van der Waals surface area contributed by atoms with Crippen LogP contribution in [-0.2, 0) is 4.74 Å². The Morgan fingerprint density at radius 2 is 1.85 bits per heavy atom. The first-order valence-electron chi connectivity index (χ1n) is 7.65. The van der Waals surface area contributed by atoms with Gasteiger partial charge in [-0.2, -0.15) is 0 Å². The maximum Gasteiger partial charge on any atom is 0.0589 e. The monoisotopic (exact) mass is 278 g/mol. The molecule has 0 heterocycles. The van der Waals surface area contributed by atoms with E-state index in [1.54, 1.807) is 7.11 Å². The molecule has 0 fully saturated rings. The zero-order valence-electron chi connectivity index (χ0n) is 13.4. The van der Waals surface area contributed by atoms with Gasteiger partial charge in [0.15, 0.2) is 0 Å². The first-order valence-corrected chi connectivity index (χ1v) is 7.65. The highest BCUT2D eigenvalue weighted by Crippen LogP contribution is 2.24. The fraction of sp³-hybridized carbons (Fsp3) is 0.647. The van der Waals surface area contributed by atoms with Crippen LogP contribution in [0.1, 0.15) is 38.7 Å². The van der Waals surface area contributed by atoms with E-state index < -0.39 is 0 Å². The topological polar surface area (TPSA) is 38.5 Å². The summed E-state index contributed by atoms with van der Waals surface area (Å²) in [7, 11) is 1.76. The normalized spacial score (nSPS) is 16.1. The number of ether oxygens (including phenoxy) is 1. The molecule has 0 aliphatic carbocycles. The maximum atomic E-state index is 6.09. The average molecular weight is 278 g/mol. The quantitative estimate of drug-likeness (QED) is 0.755. The SMILES string of the molecule is CCC(C)N(CCOC)C(CN)C(C)c1ccccc1. The minimum atomic E-state index is 0.350. The van der Waals surface area contributed by atoms with E-state index >= 15 is 0 Å². The molecule has 0 aromatic heterocycles. The van der Waals surface area contributed by atoms with Gasteiger partial charge in [-0.15, -0.1) is 0 Å². The van der Waals surface area contributed by atoms with E-state index in [4.69, 9.17) is 10.5 Å². The summed E-state index contributed by atoms with van der Waals surface area (Å²) in [4.78, 5) is 2.50. The lowest BCUT2D eigenvalue weighted by molar-refractivity contribution is 0.0813. The average Bonchev–Trinajstić information content (AvgIpc) is 2.51. The number of hydrogen-bond acceptors (Lipinski definition) is 3. The van der Waals surface area contributed by atoms with E-state index in [1.807, 2.05) is 0 Å². The molecule has 0 amide bonds. The van der Waals surface area contributed by atoms with Gasteiger partial charge in [0.2, 0.25) is 0 Å². The summed E-state index contributed by atoms with van der Waals surface area (Å²) >= 11 is 0. The Balaban J connectivity index is 2.88. The van der Waals surface area contributed by atoms with Gasteiger partial charge in [-0.1, -0.05) is 44.2 Å². The number of rotatable bonds is 9. The Kier molecular flexibility index (Phi) is 7.82. The van der Waals surface area contributed by atoms with Crippen LogP contribution in [0.15, 0.2) is 30.3 Å². The van der Waals surface area contributed by atoms with E-state index in [9.17, 15) is 0 Å². The molecule has 3 atom stereocenters. The summed E-state index contributed by atoms with van der Waals surface area (Å²) in [5.41, 5.74) is 7.45. The van der Waals surface area contributed by atoms with Gasteiger partial charge in [0.1, 0.15) is 0 Å². The predicted octanol–water partition coefficient (Wildman–Crippen LogP) is 2.86. The summed E-state index contributed by atoms with van der Waals surface area (Å²) in [6, 6.07) is 11.5. The number of hydrogen-bond donors (Lipinski definition) is 1. The van der Waals surface area contributed by atoms with Gasteiger partial charge >= 0.3 is 0 Å². The van der Waals surface area contributed by atoms with Gasteiger partial charge in [0.05, 0.1) is 6.61 Å². The molecule has 2 N–H and O–H groups in total. The van der Waals surface area contributed by atoms with Crippen molar-refractivity contribution in [2.45, 2.75) is 45.2 Å². The highest BCUT2D eigenvalue weighted by atomic mass is 16.5. The van der Waals surface area contributed by atoms with Crippen molar-refractivity contribution in [3.8, 4) is 0 Å². The van der Waals surface area contributed by atoms with Crippen LogP contribution >= 0.6 is 0 Å². The molecule has 3 nitrogen and oxygen atoms in total. The van der Waals surface area contributed by atoms with Crippen LogP contribution in [0.3, 0.4) is 0 Å². The Morgan fingerprint density at radius 3 is 2.35 bits per heavy atom. The number of benzene rings is 1. The van der Waals surface area contributed by atoms with Crippen LogP contribution in [0.5, 0.6) is 0 Å². The first-order chi connectivity index (χ1) is 9.65. The third-order valence-corrected chi connectivity index (χ3v) is 4.28. The van der Waals surface area contributed by atoms with E-state index in [2.05, 4.69) is 56.0 Å². The summed E-state index contributed by atoms with van der Waals surface area (Å²) in [5.74, 6) is 0.423. The van der Waals surface area contributed by atoms with Gasteiger partial charge < -0.3 is 10.5 Å². The Morgan fingerprint density at radius 1 is 1.20 bits per heavy atom. The third-order valence-electron chi connectivity index (χ3n) is 4.28. The Hall–Kier alpha value is -0.900. The lowest BCUT2D eigenvalue weighted by Gasteiger charge is -2.39. The van der Waals surface area contributed by atoms with Crippen LogP contribution in [0.2, 0.25) is 0 Å². The van der Waals surface area contributed by atoms with Crippen LogP contribution < -0.4 is 5.73 Å². The molecule has 0 aliphatic rings. The number of nitrogens with zero attached hydrogens (tertiary/aromatic N) is 1.